The maximum atomic E-state index is 12.4. The first-order valence-electron chi connectivity index (χ1n) is 6.11. The molecule has 0 spiro atoms. The van der Waals surface area contributed by atoms with Gasteiger partial charge in [-0.05, 0) is 24.3 Å². The van der Waals surface area contributed by atoms with Crippen LogP contribution in [-0.2, 0) is 19.1 Å². The third kappa shape index (κ3) is 3.82. The third-order valence-electron chi connectivity index (χ3n) is 2.60. The van der Waals surface area contributed by atoms with Gasteiger partial charge in [0.25, 0.3) is 5.79 Å². The van der Waals surface area contributed by atoms with Gasteiger partial charge in [-0.1, -0.05) is 15.9 Å². The number of rotatable bonds is 3. The molecule has 0 aliphatic carbocycles. The van der Waals surface area contributed by atoms with Crippen molar-refractivity contribution in [2.75, 3.05) is 0 Å². The lowest BCUT2D eigenvalue weighted by Crippen LogP contribution is -2.41. The minimum Gasteiger partial charge on any atom is -0.434 e. The van der Waals surface area contributed by atoms with Gasteiger partial charge in [-0.2, -0.15) is 8.78 Å². The van der Waals surface area contributed by atoms with Crippen LogP contribution in [0.15, 0.2) is 28.2 Å². The molecule has 1 aromatic carbocycles. The minimum absolute atomic E-state index is 0.110. The van der Waals surface area contributed by atoms with Crippen molar-refractivity contribution in [3.63, 3.8) is 0 Å². The maximum Gasteiger partial charge on any atom is 0.387 e. The number of ether oxygens (including phenoxy) is 3. The zero-order valence-electron chi connectivity index (χ0n) is 11.6. The van der Waals surface area contributed by atoms with Crippen molar-refractivity contribution in [3.05, 3.63) is 33.8 Å². The van der Waals surface area contributed by atoms with E-state index < -0.39 is 29.9 Å². The van der Waals surface area contributed by atoms with Crippen LogP contribution in [0, 0.1) is 0 Å². The number of carbonyl (C=O) groups is 2. The van der Waals surface area contributed by atoms with E-state index in [4.69, 9.17) is 9.47 Å². The van der Waals surface area contributed by atoms with Gasteiger partial charge >= 0.3 is 18.6 Å². The number of esters is 2. The Morgan fingerprint density at radius 1 is 1.23 bits per heavy atom. The van der Waals surface area contributed by atoms with Gasteiger partial charge in [-0.25, -0.2) is 9.59 Å². The SMILES string of the molecule is CC1(C)OC(=O)C(=Cc2cc(Br)ccc2OC(F)F)C(=O)O1. The van der Waals surface area contributed by atoms with E-state index in [0.29, 0.717) is 4.47 Å². The van der Waals surface area contributed by atoms with Crippen molar-refractivity contribution in [3.8, 4) is 5.75 Å². The quantitative estimate of drug-likeness (QED) is 0.460. The molecule has 0 unspecified atom stereocenters. The van der Waals surface area contributed by atoms with Gasteiger partial charge in [0.1, 0.15) is 11.3 Å². The molecule has 22 heavy (non-hydrogen) atoms. The molecule has 0 amide bonds. The molecule has 8 heteroatoms. The molecule has 0 atom stereocenters. The highest BCUT2D eigenvalue weighted by Crippen LogP contribution is 2.30. The van der Waals surface area contributed by atoms with Gasteiger partial charge < -0.3 is 14.2 Å². The minimum atomic E-state index is -3.04. The summed E-state index contributed by atoms with van der Waals surface area (Å²) >= 11 is 3.17. The molecule has 0 bridgehead atoms. The van der Waals surface area contributed by atoms with E-state index in [9.17, 15) is 18.4 Å². The predicted octanol–water partition coefficient (Wildman–Crippen LogP) is 3.27. The Morgan fingerprint density at radius 3 is 2.36 bits per heavy atom. The fourth-order valence-electron chi connectivity index (χ4n) is 1.77. The zero-order valence-corrected chi connectivity index (χ0v) is 13.1. The summed E-state index contributed by atoms with van der Waals surface area (Å²) < 4.78 is 39.6. The molecule has 1 aliphatic heterocycles. The first kappa shape index (κ1) is 16.4. The number of hydrogen-bond acceptors (Lipinski definition) is 5. The third-order valence-corrected chi connectivity index (χ3v) is 3.10. The van der Waals surface area contributed by atoms with Gasteiger partial charge in [0.15, 0.2) is 0 Å². The molecule has 0 aromatic heterocycles. The number of hydrogen-bond donors (Lipinski definition) is 0. The molecule has 118 valence electrons. The van der Waals surface area contributed by atoms with Crippen molar-refractivity contribution >= 4 is 33.9 Å². The maximum absolute atomic E-state index is 12.4. The summed E-state index contributed by atoms with van der Waals surface area (Å²) in [6.07, 6.45) is 1.09. The molecule has 0 radical (unpaired) electrons. The van der Waals surface area contributed by atoms with Crippen LogP contribution in [0.3, 0.4) is 0 Å². The van der Waals surface area contributed by atoms with Crippen LogP contribution in [0.4, 0.5) is 8.78 Å². The van der Waals surface area contributed by atoms with Crippen LogP contribution in [0.2, 0.25) is 0 Å². The molecule has 1 aromatic rings. The zero-order chi connectivity index (χ0) is 16.5. The van der Waals surface area contributed by atoms with E-state index in [2.05, 4.69) is 20.7 Å². The van der Waals surface area contributed by atoms with Crippen molar-refractivity contribution in [1.82, 2.24) is 0 Å². The van der Waals surface area contributed by atoms with Crippen molar-refractivity contribution in [2.24, 2.45) is 0 Å². The second-order valence-electron chi connectivity index (χ2n) is 4.80. The summed E-state index contributed by atoms with van der Waals surface area (Å²) in [5.41, 5.74) is -0.296. The molecule has 1 heterocycles. The van der Waals surface area contributed by atoms with Crippen LogP contribution in [0.1, 0.15) is 19.4 Å². The van der Waals surface area contributed by atoms with Gasteiger partial charge in [-0.3, -0.25) is 0 Å². The molecule has 5 nitrogen and oxygen atoms in total. The fourth-order valence-corrected chi connectivity index (χ4v) is 2.15. The standard InChI is InChI=1S/C14H11BrF2O5/c1-14(2)21-11(18)9(12(19)22-14)6-7-5-8(15)3-4-10(7)20-13(16)17/h3-6,13H,1-2H3. The molecule has 2 rings (SSSR count). The Labute approximate surface area is 133 Å². The molecule has 1 aliphatic rings. The molecule has 1 saturated heterocycles. The van der Waals surface area contributed by atoms with Crippen molar-refractivity contribution < 1.29 is 32.6 Å². The molecule has 1 fully saturated rings. The summed E-state index contributed by atoms with van der Waals surface area (Å²) in [6, 6.07) is 4.19. The second kappa shape index (κ2) is 6.04. The number of halogens is 3. The molecular weight excluding hydrogens is 366 g/mol. The van der Waals surface area contributed by atoms with E-state index in [1.165, 1.54) is 32.0 Å². The van der Waals surface area contributed by atoms with E-state index in [-0.39, 0.29) is 11.3 Å². The Morgan fingerprint density at radius 2 is 1.82 bits per heavy atom. The average molecular weight is 377 g/mol. The fraction of sp³-hybridized carbons (Fsp3) is 0.286. The first-order chi connectivity index (χ1) is 10.2. The first-order valence-corrected chi connectivity index (χ1v) is 6.90. The summed E-state index contributed by atoms with van der Waals surface area (Å²) in [4.78, 5) is 23.7. The predicted molar refractivity (Wildman–Crippen MR) is 75.0 cm³/mol. The number of carbonyl (C=O) groups excluding carboxylic acids is 2. The average Bonchev–Trinajstić information content (AvgIpc) is 2.35. The van der Waals surface area contributed by atoms with Gasteiger partial charge in [0.05, 0.1) is 0 Å². The van der Waals surface area contributed by atoms with E-state index in [1.54, 1.807) is 0 Å². The summed E-state index contributed by atoms with van der Waals surface area (Å²) in [7, 11) is 0. The number of cyclic esters (lactones) is 2. The van der Waals surface area contributed by atoms with E-state index >= 15 is 0 Å². The van der Waals surface area contributed by atoms with Crippen molar-refractivity contribution in [1.29, 1.82) is 0 Å². The van der Waals surface area contributed by atoms with Crippen LogP contribution in [-0.4, -0.2) is 24.3 Å². The van der Waals surface area contributed by atoms with Gasteiger partial charge in [0, 0.05) is 23.9 Å². The Bertz CT molecular complexity index is 633. The van der Waals surface area contributed by atoms with Gasteiger partial charge in [0.2, 0.25) is 0 Å². The van der Waals surface area contributed by atoms with Crippen LogP contribution in [0.5, 0.6) is 5.75 Å². The Hall–Kier alpha value is -1.96. The number of benzene rings is 1. The lowest BCUT2D eigenvalue weighted by atomic mass is 10.1. The normalized spacial score (nSPS) is 17.1. The molecular formula is C14H11BrF2O5. The van der Waals surface area contributed by atoms with E-state index in [0.717, 1.165) is 6.08 Å². The van der Waals surface area contributed by atoms with Crippen LogP contribution < -0.4 is 4.74 Å². The summed E-state index contributed by atoms with van der Waals surface area (Å²) in [5.74, 6) is -3.35. The van der Waals surface area contributed by atoms with E-state index in [1.807, 2.05) is 0 Å². The van der Waals surface area contributed by atoms with Gasteiger partial charge in [-0.15, -0.1) is 0 Å². The van der Waals surface area contributed by atoms with Crippen LogP contribution >= 0.6 is 15.9 Å². The topological polar surface area (TPSA) is 61.8 Å². The monoisotopic (exact) mass is 376 g/mol. The lowest BCUT2D eigenvalue weighted by molar-refractivity contribution is -0.222. The lowest BCUT2D eigenvalue weighted by Gasteiger charge is -2.29. The largest absolute Gasteiger partial charge is 0.434 e. The summed E-state index contributed by atoms with van der Waals surface area (Å²) in [5, 5.41) is 0. The highest BCUT2D eigenvalue weighted by Gasteiger charge is 2.39. The smallest absolute Gasteiger partial charge is 0.387 e. The Kier molecular flexibility index (Phi) is 4.50. The van der Waals surface area contributed by atoms with Crippen molar-refractivity contribution in [2.45, 2.75) is 26.2 Å². The highest BCUT2D eigenvalue weighted by atomic mass is 79.9. The summed E-state index contributed by atoms with van der Waals surface area (Å²) in [6.45, 7) is -0.226. The number of alkyl halides is 2. The molecule has 0 saturated carbocycles. The molecule has 0 N–H and O–H groups in total. The second-order valence-corrected chi connectivity index (χ2v) is 5.71. The Balaban J connectivity index is 2.42. The highest BCUT2D eigenvalue weighted by molar-refractivity contribution is 9.10. The van der Waals surface area contributed by atoms with Crippen LogP contribution in [0.25, 0.3) is 6.08 Å².